The third-order valence-electron chi connectivity index (χ3n) is 4.10. The first kappa shape index (κ1) is 18.4. The average Bonchev–Trinajstić information content (AvgIpc) is 3.21. The maximum absolute atomic E-state index is 12.3. The van der Waals surface area contributed by atoms with E-state index in [1.54, 1.807) is 12.1 Å². The van der Waals surface area contributed by atoms with Crippen LogP contribution >= 0.6 is 22.9 Å². The van der Waals surface area contributed by atoms with Gasteiger partial charge in [0, 0.05) is 5.70 Å². The summed E-state index contributed by atoms with van der Waals surface area (Å²) in [5.74, 6) is 0.643. The van der Waals surface area contributed by atoms with E-state index in [1.807, 2.05) is 38.2 Å². The number of nitrogens with zero attached hydrogens (tertiary/aromatic N) is 1. The van der Waals surface area contributed by atoms with E-state index >= 15 is 0 Å². The van der Waals surface area contributed by atoms with Crippen molar-refractivity contribution in [3.8, 4) is 0 Å². The molecule has 0 atom stereocenters. The van der Waals surface area contributed by atoms with Gasteiger partial charge in [-0.2, -0.15) is 0 Å². The fourth-order valence-corrected chi connectivity index (χ4v) is 3.54. The third-order valence-corrected chi connectivity index (χ3v) is 5.33. The minimum absolute atomic E-state index is 0.152. The van der Waals surface area contributed by atoms with Crippen molar-refractivity contribution in [3.63, 3.8) is 0 Å². The highest BCUT2D eigenvalue weighted by molar-refractivity contribution is 7.18. The first-order chi connectivity index (χ1) is 12.5. The Balaban J connectivity index is 1.83. The Kier molecular flexibility index (Phi) is 5.59. The topological polar surface area (TPSA) is 57.8 Å². The summed E-state index contributed by atoms with van der Waals surface area (Å²) >= 11 is 7.16. The summed E-state index contributed by atoms with van der Waals surface area (Å²) in [6.45, 7) is 8.05. The van der Waals surface area contributed by atoms with Crippen LogP contribution < -0.4 is 16.0 Å². The zero-order valence-corrected chi connectivity index (χ0v) is 16.3. The van der Waals surface area contributed by atoms with Gasteiger partial charge in [-0.25, -0.2) is 4.98 Å². The summed E-state index contributed by atoms with van der Waals surface area (Å²) in [5.41, 5.74) is 2.96. The molecule has 1 amide bonds. The number of amides is 1. The molecule has 0 aromatic carbocycles. The zero-order chi connectivity index (χ0) is 18.7. The number of rotatable bonds is 4. The van der Waals surface area contributed by atoms with Crippen molar-refractivity contribution < 1.29 is 4.79 Å². The lowest BCUT2D eigenvalue weighted by Crippen LogP contribution is -2.22. The lowest BCUT2D eigenvalue weighted by molar-refractivity contribution is 0.0971. The summed E-state index contributed by atoms with van der Waals surface area (Å²) in [4.78, 5) is 20.8. The van der Waals surface area contributed by atoms with Crippen LogP contribution in [0.1, 0.15) is 42.2 Å². The normalized spacial score (nSPS) is 15.7. The number of H-pyrrole nitrogens is 1. The molecule has 0 radical (unpaired) electrons. The lowest BCUT2D eigenvalue weighted by Gasteiger charge is -2.13. The first-order valence-electron chi connectivity index (χ1n) is 8.33. The minimum Gasteiger partial charge on any atom is -0.339 e. The molecule has 1 aliphatic carbocycles. The predicted octanol–water partition coefficient (Wildman–Crippen LogP) is 3.77. The smallest absolute Gasteiger partial charge is 0.265 e. The summed E-state index contributed by atoms with van der Waals surface area (Å²) in [6.07, 6.45) is 9.71. The fraction of sp³-hybridized carbons (Fsp3) is 0.200. The number of thiophene rings is 1. The van der Waals surface area contributed by atoms with E-state index in [0.717, 1.165) is 46.2 Å². The van der Waals surface area contributed by atoms with Gasteiger partial charge in [-0.05, 0) is 56.5 Å². The van der Waals surface area contributed by atoms with Gasteiger partial charge >= 0.3 is 0 Å². The largest absolute Gasteiger partial charge is 0.339 e. The van der Waals surface area contributed by atoms with Crippen LogP contribution in [0.5, 0.6) is 0 Å². The number of hydrogen-bond donors (Lipinski definition) is 2. The minimum atomic E-state index is -0.152. The summed E-state index contributed by atoms with van der Waals surface area (Å²) < 4.78 is 0.600. The van der Waals surface area contributed by atoms with Crippen molar-refractivity contribution in [1.82, 2.24) is 15.3 Å². The van der Waals surface area contributed by atoms with Gasteiger partial charge in [-0.1, -0.05) is 35.9 Å². The SMILES string of the molecule is C=c1[nH]c(C2=CC(NC(=O)c3ccc(Cl)s3)=CCC2)nc1=CC(C)=CC. The van der Waals surface area contributed by atoms with E-state index in [-0.39, 0.29) is 5.91 Å². The second-order valence-electron chi connectivity index (χ2n) is 6.05. The zero-order valence-electron chi connectivity index (χ0n) is 14.7. The number of hydrogen-bond acceptors (Lipinski definition) is 3. The van der Waals surface area contributed by atoms with Gasteiger partial charge in [0.15, 0.2) is 0 Å². The molecular formula is C20H20ClN3OS. The molecular weight excluding hydrogens is 366 g/mol. The number of allylic oxidation sites excluding steroid dienone is 5. The van der Waals surface area contributed by atoms with Gasteiger partial charge in [0.2, 0.25) is 0 Å². The van der Waals surface area contributed by atoms with E-state index in [0.29, 0.717) is 9.21 Å². The van der Waals surface area contributed by atoms with Crippen LogP contribution in [-0.4, -0.2) is 15.9 Å². The monoisotopic (exact) mass is 385 g/mol. The summed E-state index contributed by atoms with van der Waals surface area (Å²) in [6, 6.07) is 3.45. The quantitative estimate of drug-likeness (QED) is 0.841. The molecule has 0 spiro atoms. The van der Waals surface area contributed by atoms with Gasteiger partial charge in [-0.3, -0.25) is 4.79 Å². The number of carbonyl (C=O) groups is 1. The van der Waals surface area contributed by atoms with Gasteiger partial charge in [0.05, 0.1) is 19.9 Å². The van der Waals surface area contributed by atoms with Crippen LogP contribution in [0.15, 0.2) is 41.6 Å². The number of aromatic amines is 1. The Morgan fingerprint density at radius 3 is 2.96 bits per heavy atom. The van der Waals surface area contributed by atoms with Crippen LogP contribution in [0.25, 0.3) is 18.2 Å². The second-order valence-corrected chi connectivity index (χ2v) is 7.77. The van der Waals surface area contributed by atoms with Crippen LogP contribution in [-0.2, 0) is 0 Å². The van der Waals surface area contributed by atoms with E-state index in [2.05, 4.69) is 21.9 Å². The fourth-order valence-electron chi connectivity index (χ4n) is 2.60. The van der Waals surface area contributed by atoms with Crippen molar-refractivity contribution >= 4 is 47.1 Å². The average molecular weight is 386 g/mol. The molecule has 0 fully saturated rings. The van der Waals surface area contributed by atoms with E-state index in [1.165, 1.54) is 11.3 Å². The molecule has 0 unspecified atom stereocenters. The molecule has 26 heavy (non-hydrogen) atoms. The Morgan fingerprint density at radius 2 is 2.27 bits per heavy atom. The molecule has 2 aromatic heterocycles. The van der Waals surface area contributed by atoms with Crippen LogP contribution in [0.2, 0.25) is 4.34 Å². The Labute approximate surface area is 161 Å². The first-order valence-corrected chi connectivity index (χ1v) is 9.53. The molecule has 6 heteroatoms. The standard InChI is InChI=1S/C20H20ClN3OS/c1-4-12(2)10-16-13(3)22-19(24-16)14-6-5-7-15(11-14)23-20(25)17-8-9-18(21)26-17/h4,7-11H,3,5-6H2,1-2H3,(H,22,24)(H,23,25). The molecule has 2 heterocycles. The van der Waals surface area contributed by atoms with Crippen molar-refractivity contribution in [3.05, 3.63) is 67.4 Å². The van der Waals surface area contributed by atoms with Gasteiger partial charge < -0.3 is 10.3 Å². The van der Waals surface area contributed by atoms with Gasteiger partial charge in [-0.15, -0.1) is 11.3 Å². The summed E-state index contributed by atoms with van der Waals surface area (Å²) in [5, 5.41) is 4.56. The highest BCUT2D eigenvalue weighted by Gasteiger charge is 2.14. The van der Waals surface area contributed by atoms with Gasteiger partial charge in [0.25, 0.3) is 5.91 Å². The second kappa shape index (κ2) is 7.89. The molecule has 0 aliphatic heterocycles. The number of imidazole rings is 1. The van der Waals surface area contributed by atoms with Crippen LogP contribution in [0.3, 0.4) is 0 Å². The Hall–Kier alpha value is -2.37. The van der Waals surface area contributed by atoms with Crippen molar-refractivity contribution in [2.45, 2.75) is 26.7 Å². The molecule has 134 valence electrons. The van der Waals surface area contributed by atoms with Crippen LogP contribution in [0, 0.1) is 0 Å². The summed E-state index contributed by atoms with van der Waals surface area (Å²) in [7, 11) is 0. The Morgan fingerprint density at radius 1 is 1.46 bits per heavy atom. The van der Waals surface area contributed by atoms with E-state index in [4.69, 9.17) is 11.6 Å². The molecule has 0 bridgehead atoms. The van der Waals surface area contributed by atoms with E-state index < -0.39 is 0 Å². The number of nitrogens with one attached hydrogen (secondary N) is 2. The lowest BCUT2D eigenvalue weighted by atomic mass is 10.0. The van der Waals surface area contributed by atoms with Crippen LogP contribution in [0.4, 0.5) is 0 Å². The van der Waals surface area contributed by atoms with Crippen molar-refractivity contribution in [1.29, 1.82) is 0 Å². The van der Waals surface area contributed by atoms with Crippen molar-refractivity contribution in [2.24, 2.45) is 0 Å². The highest BCUT2D eigenvalue weighted by Crippen LogP contribution is 2.24. The highest BCUT2D eigenvalue weighted by atomic mass is 35.5. The maximum atomic E-state index is 12.3. The Bertz CT molecular complexity index is 1040. The number of halogens is 1. The maximum Gasteiger partial charge on any atom is 0.265 e. The predicted molar refractivity (Wildman–Crippen MR) is 109 cm³/mol. The number of carbonyl (C=O) groups excluding carboxylic acids is 1. The molecule has 2 aromatic rings. The van der Waals surface area contributed by atoms with Crippen molar-refractivity contribution in [2.75, 3.05) is 0 Å². The third kappa shape index (κ3) is 4.23. The molecule has 3 rings (SSSR count). The number of aromatic nitrogens is 2. The molecule has 4 nitrogen and oxygen atoms in total. The van der Waals surface area contributed by atoms with Gasteiger partial charge in [0.1, 0.15) is 5.82 Å². The molecule has 0 saturated carbocycles. The van der Waals surface area contributed by atoms with E-state index in [9.17, 15) is 4.79 Å². The molecule has 1 aliphatic rings. The molecule has 2 N–H and O–H groups in total. The molecule has 0 saturated heterocycles.